The highest BCUT2D eigenvalue weighted by molar-refractivity contribution is 7.90. The molecule has 0 unspecified atom stereocenters. The summed E-state index contributed by atoms with van der Waals surface area (Å²) in [4.78, 5) is 28.3. The molecule has 226 valence electrons. The molecule has 6 nitrogen and oxygen atoms in total. The van der Waals surface area contributed by atoms with Gasteiger partial charge in [-0.3, -0.25) is 4.79 Å². The van der Waals surface area contributed by atoms with Crippen LogP contribution in [0.4, 0.5) is 0 Å². The van der Waals surface area contributed by atoms with Crippen molar-refractivity contribution in [3.8, 4) is 0 Å². The molecule has 3 aliphatic carbocycles. The highest BCUT2D eigenvalue weighted by Crippen LogP contribution is 2.70. The second-order valence-electron chi connectivity index (χ2n) is 13.8. The molecule has 1 saturated heterocycles. The van der Waals surface area contributed by atoms with Crippen molar-refractivity contribution >= 4 is 45.1 Å². The van der Waals surface area contributed by atoms with Crippen LogP contribution in [-0.4, -0.2) is 36.4 Å². The molecular weight excluding hydrogens is 593 g/mol. The molecule has 4 aliphatic rings. The number of amides is 1. The van der Waals surface area contributed by atoms with Gasteiger partial charge in [0.1, 0.15) is 6.10 Å². The van der Waals surface area contributed by atoms with Gasteiger partial charge in [-0.1, -0.05) is 88.0 Å². The summed E-state index contributed by atoms with van der Waals surface area (Å²) in [7, 11) is -3.91. The second-order valence-corrected chi connectivity index (χ2v) is 16.4. The number of aryl methyl sites for hydroxylation is 1. The predicted molar refractivity (Wildman–Crippen MR) is 164 cm³/mol. The van der Waals surface area contributed by atoms with Gasteiger partial charge in [0.25, 0.3) is 5.91 Å². The smallest absolute Gasteiger partial charge is 0.339 e. The van der Waals surface area contributed by atoms with Crippen molar-refractivity contribution in [2.75, 3.05) is 5.75 Å². The van der Waals surface area contributed by atoms with Crippen LogP contribution in [-0.2, 0) is 21.2 Å². The Morgan fingerprint density at radius 3 is 2.43 bits per heavy atom. The number of nitrogens with zero attached hydrogens (tertiary/aromatic N) is 1. The third-order valence-corrected chi connectivity index (χ3v) is 14.0. The monoisotopic (exact) mass is 631 g/mol. The number of hydrogen-bond donors (Lipinski definition) is 0. The normalized spacial score (nSPS) is 32.0. The minimum Gasteiger partial charge on any atom is -0.453 e. The molecule has 2 aromatic carbocycles. The molecule has 42 heavy (non-hydrogen) atoms. The topological polar surface area (TPSA) is 80.8 Å². The van der Waals surface area contributed by atoms with Crippen LogP contribution < -0.4 is 0 Å². The van der Waals surface area contributed by atoms with E-state index in [1.807, 2.05) is 18.2 Å². The van der Waals surface area contributed by atoms with Gasteiger partial charge in [0.05, 0.1) is 33.0 Å². The maximum atomic E-state index is 14.3. The molecule has 2 bridgehead atoms. The molecule has 6 rings (SSSR count). The zero-order valence-corrected chi connectivity index (χ0v) is 27.0. The first-order valence-corrected chi connectivity index (χ1v) is 17.5. The Morgan fingerprint density at radius 1 is 1.05 bits per heavy atom. The third kappa shape index (κ3) is 4.35. The number of hydrogen-bond acceptors (Lipinski definition) is 5. The first-order valence-electron chi connectivity index (χ1n) is 15.1. The van der Waals surface area contributed by atoms with E-state index in [0.717, 1.165) is 60.4 Å². The highest BCUT2D eigenvalue weighted by atomic mass is 35.5. The van der Waals surface area contributed by atoms with E-state index >= 15 is 0 Å². The van der Waals surface area contributed by atoms with Gasteiger partial charge >= 0.3 is 5.97 Å². The Labute approximate surface area is 259 Å². The Bertz CT molecular complexity index is 1570. The van der Waals surface area contributed by atoms with E-state index in [2.05, 4.69) is 33.8 Å². The fraction of sp³-hybridized carbons (Fsp3) is 0.576. The zero-order valence-electron chi connectivity index (χ0n) is 24.7. The number of carbonyl (C=O) groups is 2. The quantitative estimate of drug-likeness (QED) is 0.302. The van der Waals surface area contributed by atoms with E-state index in [0.29, 0.717) is 12.3 Å². The first-order chi connectivity index (χ1) is 19.8. The van der Waals surface area contributed by atoms with E-state index in [1.54, 1.807) is 0 Å². The van der Waals surface area contributed by atoms with Gasteiger partial charge in [-0.2, -0.15) is 0 Å². The van der Waals surface area contributed by atoms with Crippen LogP contribution in [0.5, 0.6) is 0 Å². The van der Waals surface area contributed by atoms with Crippen LogP contribution in [0.3, 0.4) is 0 Å². The molecule has 2 aromatic rings. The summed E-state index contributed by atoms with van der Waals surface area (Å²) in [6.07, 6.45) is 6.50. The maximum absolute atomic E-state index is 14.3. The molecule has 0 aromatic heterocycles. The van der Waals surface area contributed by atoms with Crippen LogP contribution in [0.1, 0.15) is 111 Å². The molecule has 1 amide bonds. The van der Waals surface area contributed by atoms with Gasteiger partial charge in [-0.15, -0.1) is 0 Å². The van der Waals surface area contributed by atoms with Crippen LogP contribution in [0.25, 0.3) is 0 Å². The number of benzene rings is 2. The van der Waals surface area contributed by atoms with Gasteiger partial charge in [0.15, 0.2) is 0 Å². The predicted octanol–water partition coefficient (Wildman–Crippen LogP) is 8.01. The summed E-state index contributed by atoms with van der Waals surface area (Å²) >= 11 is 12.8. The standard InChI is InChI=1S/C33H39Cl2NO5S/c1-5-6-13-32(4)14-11-20-9-7-8-10-22(20)28(32)41-30(38)24-18-26(35)25(34)17-23(24)29(37)36-27-16-21-12-15-33(27,31(21,2)3)19-42(36,39)40/h7-10,17-18,21,27-28H,5-6,11-16,19H2,1-4H3/t21-,27-,28-,32-,33-/m1/s1. The van der Waals surface area contributed by atoms with Crippen LogP contribution >= 0.6 is 23.2 Å². The van der Waals surface area contributed by atoms with Crippen molar-refractivity contribution in [3.63, 3.8) is 0 Å². The molecule has 9 heteroatoms. The molecular formula is C33H39Cl2NO5S. The third-order valence-electron chi connectivity index (χ3n) is 11.4. The number of sulfonamides is 1. The lowest BCUT2D eigenvalue weighted by atomic mass is 9.68. The Hall–Kier alpha value is -2.09. The summed E-state index contributed by atoms with van der Waals surface area (Å²) in [5.41, 5.74) is 0.981. The van der Waals surface area contributed by atoms with E-state index in [-0.39, 0.29) is 37.8 Å². The summed E-state index contributed by atoms with van der Waals surface area (Å²) in [5, 5.41) is 0.173. The Kier molecular flexibility index (Phi) is 7.30. The molecule has 1 spiro atoms. The van der Waals surface area contributed by atoms with E-state index < -0.39 is 39.5 Å². The molecule has 3 fully saturated rings. The number of ether oxygens (including phenoxy) is 1. The number of rotatable bonds is 6. The van der Waals surface area contributed by atoms with Gasteiger partial charge in [0.2, 0.25) is 10.0 Å². The fourth-order valence-corrected chi connectivity index (χ4v) is 11.6. The van der Waals surface area contributed by atoms with E-state index in [9.17, 15) is 18.0 Å². The molecule has 2 saturated carbocycles. The van der Waals surface area contributed by atoms with Crippen molar-refractivity contribution in [2.24, 2.45) is 22.2 Å². The van der Waals surface area contributed by atoms with Crippen molar-refractivity contribution in [1.29, 1.82) is 0 Å². The van der Waals surface area contributed by atoms with Crippen molar-refractivity contribution in [2.45, 2.75) is 91.2 Å². The lowest BCUT2D eigenvalue weighted by molar-refractivity contribution is -0.0275. The second kappa shape index (κ2) is 10.2. The summed E-state index contributed by atoms with van der Waals surface area (Å²) < 4.78 is 34.7. The van der Waals surface area contributed by atoms with Gasteiger partial charge in [-0.25, -0.2) is 17.5 Å². The maximum Gasteiger partial charge on any atom is 0.339 e. The highest BCUT2D eigenvalue weighted by Gasteiger charge is 2.72. The summed E-state index contributed by atoms with van der Waals surface area (Å²) in [5.74, 6) is -1.15. The van der Waals surface area contributed by atoms with Gasteiger partial charge in [-0.05, 0) is 73.1 Å². The SMILES string of the molecule is CCCC[C@]1(C)CCc2ccccc2[C@H]1OC(=O)c1cc(Cl)c(Cl)cc1C(=O)N1[C@@H]2C[C@H]3CC[C@]2(CS1(=O)=O)C3(C)C. The van der Waals surface area contributed by atoms with E-state index in [4.69, 9.17) is 27.9 Å². The number of carbonyl (C=O) groups excluding carboxylic acids is 2. The average molecular weight is 633 g/mol. The first kappa shape index (κ1) is 30.0. The van der Waals surface area contributed by atoms with Crippen molar-refractivity contribution in [3.05, 3.63) is 68.7 Å². The lowest BCUT2D eigenvalue weighted by Gasteiger charge is -2.42. The van der Waals surface area contributed by atoms with Crippen molar-refractivity contribution in [1.82, 2.24) is 4.31 Å². The number of esters is 1. The van der Waals surface area contributed by atoms with Crippen LogP contribution in [0, 0.1) is 22.2 Å². The molecule has 5 atom stereocenters. The van der Waals surface area contributed by atoms with Crippen LogP contribution in [0.2, 0.25) is 10.0 Å². The van der Waals surface area contributed by atoms with Crippen LogP contribution in [0.15, 0.2) is 36.4 Å². The summed E-state index contributed by atoms with van der Waals surface area (Å²) in [6, 6.07) is 10.2. The molecule has 0 N–H and O–H groups in total. The molecule has 1 aliphatic heterocycles. The number of unbranched alkanes of at least 4 members (excludes halogenated alkanes) is 1. The Morgan fingerprint density at radius 2 is 1.74 bits per heavy atom. The molecule has 0 radical (unpaired) electrons. The number of fused-ring (bicyclic) bond motifs is 2. The fourth-order valence-electron chi connectivity index (χ4n) is 8.72. The summed E-state index contributed by atoms with van der Waals surface area (Å²) in [6.45, 7) is 8.56. The zero-order chi connectivity index (χ0) is 30.2. The van der Waals surface area contributed by atoms with E-state index in [1.165, 1.54) is 12.1 Å². The Balaban J connectivity index is 1.39. The lowest BCUT2D eigenvalue weighted by Crippen LogP contribution is -2.44. The van der Waals surface area contributed by atoms with Gasteiger partial charge < -0.3 is 4.74 Å². The largest absolute Gasteiger partial charge is 0.453 e. The van der Waals surface area contributed by atoms with Crippen molar-refractivity contribution < 1.29 is 22.7 Å². The number of halogens is 2. The van der Waals surface area contributed by atoms with Gasteiger partial charge in [0, 0.05) is 10.8 Å². The average Bonchev–Trinajstić information content (AvgIpc) is 3.42. The minimum absolute atomic E-state index is 0.0599. The molecule has 1 heterocycles. The minimum atomic E-state index is -3.91.